The van der Waals surface area contributed by atoms with Crippen LogP contribution in [0.4, 0.5) is 8.78 Å². The molecule has 0 aromatic heterocycles. The third kappa shape index (κ3) is 3.64. The zero-order chi connectivity index (χ0) is 14.5. The predicted molar refractivity (Wildman–Crippen MR) is 80.6 cm³/mol. The van der Waals surface area contributed by atoms with Gasteiger partial charge in [0.25, 0.3) is 0 Å². The van der Waals surface area contributed by atoms with E-state index in [0.717, 1.165) is 0 Å². The molecule has 0 spiro atoms. The number of hydrogen-bond donors (Lipinski definition) is 1. The van der Waals surface area contributed by atoms with E-state index in [4.69, 9.17) is 0 Å². The molecule has 0 fully saturated rings. The summed E-state index contributed by atoms with van der Waals surface area (Å²) in [7, 11) is 0. The molecule has 106 valence electrons. The highest BCUT2D eigenvalue weighted by molar-refractivity contribution is 9.10. The number of likely N-dealkylation sites (N-methyl/N-ethyl adjacent to an activating group) is 1. The molecular weight excluding hydrogens is 324 g/mol. The monoisotopic (exact) mass is 339 g/mol. The summed E-state index contributed by atoms with van der Waals surface area (Å²) in [4.78, 5) is 0. The first kappa shape index (κ1) is 15.1. The SMILES string of the molecule is CCNC(Cc1ccccc1F)c1ccc(Br)cc1F. The van der Waals surface area contributed by atoms with E-state index in [0.29, 0.717) is 28.6 Å². The van der Waals surface area contributed by atoms with Crippen LogP contribution in [-0.4, -0.2) is 6.54 Å². The largest absolute Gasteiger partial charge is 0.310 e. The van der Waals surface area contributed by atoms with E-state index in [9.17, 15) is 8.78 Å². The molecule has 1 N–H and O–H groups in total. The summed E-state index contributed by atoms with van der Waals surface area (Å²) in [6.45, 7) is 2.64. The van der Waals surface area contributed by atoms with E-state index in [1.165, 1.54) is 12.1 Å². The zero-order valence-electron chi connectivity index (χ0n) is 11.2. The maximum absolute atomic E-state index is 14.1. The van der Waals surface area contributed by atoms with Crippen LogP contribution in [0.5, 0.6) is 0 Å². The average Bonchev–Trinajstić information content (AvgIpc) is 2.41. The second-order valence-electron chi connectivity index (χ2n) is 4.57. The Labute approximate surface area is 126 Å². The Hall–Kier alpha value is -1.26. The summed E-state index contributed by atoms with van der Waals surface area (Å²) in [6.07, 6.45) is 0.416. The lowest BCUT2D eigenvalue weighted by Crippen LogP contribution is -2.24. The molecule has 0 aliphatic rings. The van der Waals surface area contributed by atoms with E-state index in [1.807, 2.05) is 6.92 Å². The fourth-order valence-electron chi connectivity index (χ4n) is 2.21. The first-order valence-electron chi connectivity index (χ1n) is 6.53. The molecule has 2 aromatic rings. The maximum Gasteiger partial charge on any atom is 0.129 e. The number of benzene rings is 2. The standard InChI is InChI=1S/C16H16BrF2N/c1-2-20-16(9-11-5-3-4-6-14(11)18)13-8-7-12(17)10-15(13)19/h3-8,10,16,20H,2,9H2,1H3. The van der Waals surface area contributed by atoms with E-state index in [1.54, 1.807) is 30.3 Å². The highest BCUT2D eigenvalue weighted by atomic mass is 79.9. The van der Waals surface area contributed by atoms with Gasteiger partial charge in [-0.15, -0.1) is 0 Å². The van der Waals surface area contributed by atoms with Gasteiger partial charge in [0.1, 0.15) is 11.6 Å². The van der Waals surface area contributed by atoms with Crippen LogP contribution in [-0.2, 0) is 6.42 Å². The summed E-state index contributed by atoms with van der Waals surface area (Å²) in [5, 5.41) is 3.21. The predicted octanol–water partition coefficient (Wildman–Crippen LogP) is 4.62. The molecule has 0 aliphatic heterocycles. The molecular formula is C16H16BrF2N. The van der Waals surface area contributed by atoms with Crippen molar-refractivity contribution in [1.29, 1.82) is 0 Å². The molecule has 1 atom stereocenters. The normalized spacial score (nSPS) is 12.4. The lowest BCUT2D eigenvalue weighted by Gasteiger charge is -2.19. The van der Waals surface area contributed by atoms with Gasteiger partial charge >= 0.3 is 0 Å². The van der Waals surface area contributed by atoms with Crippen molar-refractivity contribution in [2.45, 2.75) is 19.4 Å². The summed E-state index contributed by atoms with van der Waals surface area (Å²) >= 11 is 3.24. The number of rotatable bonds is 5. The highest BCUT2D eigenvalue weighted by Gasteiger charge is 2.17. The van der Waals surface area contributed by atoms with Gasteiger partial charge in [0.15, 0.2) is 0 Å². The topological polar surface area (TPSA) is 12.0 Å². The molecule has 0 aliphatic carbocycles. The van der Waals surface area contributed by atoms with Crippen molar-refractivity contribution in [3.63, 3.8) is 0 Å². The Morgan fingerprint density at radius 3 is 2.50 bits per heavy atom. The Kier molecular flexibility index (Phi) is 5.26. The molecule has 0 bridgehead atoms. The summed E-state index contributed by atoms with van der Waals surface area (Å²) in [6, 6.07) is 11.3. The van der Waals surface area contributed by atoms with Gasteiger partial charge in [-0.05, 0) is 36.7 Å². The second kappa shape index (κ2) is 6.95. The first-order chi connectivity index (χ1) is 9.61. The van der Waals surface area contributed by atoms with Crippen LogP contribution in [0, 0.1) is 11.6 Å². The molecule has 0 saturated carbocycles. The first-order valence-corrected chi connectivity index (χ1v) is 7.33. The van der Waals surface area contributed by atoms with Gasteiger partial charge in [0, 0.05) is 16.1 Å². The minimum Gasteiger partial charge on any atom is -0.310 e. The van der Waals surface area contributed by atoms with Crippen molar-refractivity contribution in [2.75, 3.05) is 6.54 Å². The Balaban J connectivity index is 2.29. The molecule has 0 heterocycles. The Morgan fingerprint density at radius 1 is 1.10 bits per heavy atom. The average molecular weight is 340 g/mol. The summed E-state index contributed by atoms with van der Waals surface area (Å²) in [5.41, 5.74) is 1.14. The van der Waals surface area contributed by atoms with Crippen LogP contribution in [0.2, 0.25) is 0 Å². The van der Waals surface area contributed by atoms with Gasteiger partial charge in [-0.2, -0.15) is 0 Å². The molecule has 0 radical (unpaired) electrons. The van der Waals surface area contributed by atoms with E-state index in [2.05, 4.69) is 21.2 Å². The van der Waals surface area contributed by atoms with E-state index in [-0.39, 0.29) is 17.7 Å². The van der Waals surface area contributed by atoms with Crippen LogP contribution >= 0.6 is 15.9 Å². The van der Waals surface area contributed by atoms with Crippen molar-refractivity contribution in [1.82, 2.24) is 5.32 Å². The smallest absolute Gasteiger partial charge is 0.129 e. The van der Waals surface area contributed by atoms with Gasteiger partial charge in [-0.25, -0.2) is 8.78 Å². The molecule has 2 aromatic carbocycles. The number of nitrogens with one attached hydrogen (secondary N) is 1. The van der Waals surface area contributed by atoms with Crippen LogP contribution in [0.1, 0.15) is 24.1 Å². The fraction of sp³-hybridized carbons (Fsp3) is 0.250. The van der Waals surface area contributed by atoms with Crippen molar-refractivity contribution in [3.05, 3.63) is 69.7 Å². The van der Waals surface area contributed by atoms with Crippen molar-refractivity contribution >= 4 is 15.9 Å². The van der Waals surface area contributed by atoms with Gasteiger partial charge in [-0.1, -0.05) is 47.1 Å². The molecule has 1 nitrogen and oxygen atoms in total. The maximum atomic E-state index is 14.1. The molecule has 0 saturated heterocycles. The Morgan fingerprint density at radius 2 is 1.85 bits per heavy atom. The van der Waals surface area contributed by atoms with Crippen LogP contribution in [0.15, 0.2) is 46.9 Å². The van der Waals surface area contributed by atoms with Gasteiger partial charge in [-0.3, -0.25) is 0 Å². The van der Waals surface area contributed by atoms with Crippen molar-refractivity contribution in [2.24, 2.45) is 0 Å². The highest BCUT2D eigenvalue weighted by Crippen LogP contribution is 2.25. The molecule has 1 unspecified atom stereocenters. The number of hydrogen-bond acceptors (Lipinski definition) is 1. The second-order valence-corrected chi connectivity index (χ2v) is 5.49. The summed E-state index contributed by atoms with van der Waals surface area (Å²) < 4.78 is 28.5. The van der Waals surface area contributed by atoms with Crippen molar-refractivity contribution in [3.8, 4) is 0 Å². The molecule has 4 heteroatoms. The van der Waals surface area contributed by atoms with E-state index >= 15 is 0 Å². The zero-order valence-corrected chi connectivity index (χ0v) is 12.8. The lowest BCUT2D eigenvalue weighted by molar-refractivity contribution is 0.498. The van der Waals surface area contributed by atoms with Crippen LogP contribution < -0.4 is 5.32 Å². The minimum atomic E-state index is -0.290. The van der Waals surface area contributed by atoms with Crippen LogP contribution in [0.25, 0.3) is 0 Å². The number of halogens is 3. The molecule has 2 rings (SSSR count). The molecule has 0 amide bonds. The molecule has 20 heavy (non-hydrogen) atoms. The van der Waals surface area contributed by atoms with Gasteiger partial charge in [0.05, 0.1) is 0 Å². The van der Waals surface area contributed by atoms with Crippen LogP contribution in [0.3, 0.4) is 0 Å². The fourth-order valence-corrected chi connectivity index (χ4v) is 2.54. The Bertz CT molecular complexity index is 586. The minimum absolute atomic E-state index is 0.245. The third-order valence-corrected chi connectivity index (χ3v) is 3.66. The van der Waals surface area contributed by atoms with E-state index < -0.39 is 0 Å². The quantitative estimate of drug-likeness (QED) is 0.837. The van der Waals surface area contributed by atoms with Crippen molar-refractivity contribution < 1.29 is 8.78 Å². The lowest BCUT2D eigenvalue weighted by atomic mass is 9.98. The van der Waals surface area contributed by atoms with Gasteiger partial charge < -0.3 is 5.32 Å². The van der Waals surface area contributed by atoms with Gasteiger partial charge in [0.2, 0.25) is 0 Å². The third-order valence-electron chi connectivity index (χ3n) is 3.17. The summed E-state index contributed by atoms with van der Waals surface area (Å²) in [5.74, 6) is -0.547.